The third-order valence-electron chi connectivity index (χ3n) is 4.65. The number of hydrogen-bond acceptors (Lipinski definition) is 1. The normalized spacial score (nSPS) is 12.1. The van der Waals surface area contributed by atoms with E-state index in [0.717, 1.165) is 6.42 Å². The van der Waals surface area contributed by atoms with E-state index in [1.54, 1.807) is 0 Å². The van der Waals surface area contributed by atoms with Crippen molar-refractivity contribution in [3.8, 4) is 22.4 Å². The number of rotatable bonds is 1. The molecule has 0 N–H and O–H groups in total. The van der Waals surface area contributed by atoms with E-state index in [2.05, 4.69) is 67.0 Å². The molecule has 22 heavy (non-hydrogen) atoms. The Morgan fingerprint density at radius 1 is 1.00 bits per heavy atom. The maximum absolute atomic E-state index is 4.30. The van der Waals surface area contributed by atoms with E-state index in [4.69, 9.17) is 0 Å². The van der Waals surface area contributed by atoms with Crippen LogP contribution in [0.5, 0.6) is 0 Å². The van der Waals surface area contributed by atoms with E-state index in [0.29, 0.717) is 0 Å². The van der Waals surface area contributed by atoms with Crippen LogP contribution < -0.4 is 4.57 Å². The topological polar surface area (TPSA) is 16.8 Å². The van der Waals surface area contributed by atoms with Crippen molar-refractivity contribution in [2.45, 2.75) is 20.3 Å². The zero-order chi connectivity index (χ0) is 15.3. The predicted molar refractivity (Wildman–Crippen MR) is 88.6 cm³/mol. The minimum Gasteiger partial charge on any atom is -0.264 e. The smallest absolute Gasteiger partial charge is 0.216 e. The molecule has 2 nitrogen and oxygen atoms in total. The molecular formula is C20H19N2+. The van der Waals surface area contributed by atoms with Crippen molar-refractivity contribution in [2.75, 3.05) is 0 Å². The minimum absolute atomic E-state index is 0.991. The Hall–Kier alpha value is -2.48. The second-order valence-corrected chi connectivity index (χ2v) is 6.20. The molecule has 0 unspecified atom stereocenters. The summed E-state index contributed by atoms with van der Waals surface area (Å²) in [6.07, 6.45) is 7.04. The fourth-order valence-electron chi connectivity index (χ4n) is 3.49. The van der Waals surface area contributed by atoms with E-state index < -0.39 is 0 Å². The van der Waals surface area contributed by atoms with Crippen molar-refractivity contribution in [3.05, 3.63) is 71.2 Å². The van der Waals surface area contributed by atoms with Crippen LogP contribution >= 0.6 is 0 Å². The fraction of sp³-hybridized carbons (Fsp3) is 0.200. The summed E-state index contributed by atoms with van der Waals surface area (Å²) >= 11 is 0. The Morgan fingerprint density at radius 3 is 2.73 bits per heavy atom. The van der Waals surface area contributed by atoms with Crippen LogP contribution in [0.4, 0.5) is 0 Å². The van der Waals surface area contributed by atoms with Crippen LogP contribution in [-0.2, 0) is 13.5 Å². The van der Waals surface area contributed by atoms with Crippen LogP contribution in [0.2, 0.25) is 0 Å². The van der Waals surface area contributed by atoms with Gasteiger partial charge in [-0.05, 0) is 42.7 Å². The lowest BCUT2D eigenvalue weighted by atomic mass is 9.96. The molecule has 108 valence electrons. The molecule has 0 bridgehead atoms. The van der Waals surface area contributed by atoms with Crippen LogP contribution in [0.15, 0.2) is 48.9 Å². The molecule has 0 fully saturated rings. The minimum atomic E-state index is 0.991. The van der Waals surface area contributed by atoms with E-state index in [1.165, 1.54) is 44.6 Å². The average Bonchev–Trinajstić information content (AvgIpc) is 2.88. The Labute approximate surface area is 131 Å². The number of nitrogens with zero attached hydrogens (tertiary/aromatic N) is 2. The Morgan fingerprint density at radius 2 is 1.86 bits per heavy atom. The first-order valence-electron chi connectivity index (χ1n) is 7.67. The van der Waals surface area contributed by atoms with E-state index in [-0.39, 0.29) is 0 Å². The van der Waals surface area contributed by atoms with Crippen molar-refractivity contribution in [2.24, 2.45) is 7.05 Å². The van der Waals surface area contributed by atoms with Gasteiger partial charge >= 0.3 is 0 Å². The Kier molecular flexibility index (Phi) is 2.86. The first kappa shape index (κ1) is 13.2. The van der Waals surface area contributed by atoms with Gasteiger partial charge in [0.1, 0.15) is 7.05 Å². The van der Waals surface area contributed by atoms with Gasteiger partial charge in [0, 0.05) is 41.6 Å². The SMILES string of the molecule is Cc1ccc(C)c(-c2c3c(cc[n+]2C)-c2cnccc2C3)c1. The molecule has 2 heteroatoms. The highest BCUT2D eigenvalue weighted by Crippen LogP contribution is 2.40. The summed E-state index contributed by atoms with van der Waals surface area (Å²) in [4.78, 5) is 4.30. The lowest BCUT2D eigenvalue weighted by Gasteiger charge is -2.10. The van der Waals surface area contributed by atoms with E-state index in [9.17, 15) is 0 Å². The largest absolute Gasteiger partial charge is 0.264 e. The molecule has 0 amide bonds. The standard InChI is InChI=1S/C20H19N2/c1-13-4-5-14(2)17(10-13)20-18-11-15-6-8-21-12-19(15)16(18)7-9-22(20)3/h4-10,12H,11H2,1-3H3/q+1. The van der Waals surface area contributed by atoms with Gasteiger partial charge in [-0.25, -0.2) is 4.57 Å². The van der Waals surface area contributed by atoms with E-state index in [1.807, 2.05) is 12.4 Å². The first-order chi connectivity index (χ1) is 10.6. The van der Waals surface area contributed by atoms with Gasteiger partial charge in [0.25, 0.3) is 0 Å². The number of pyridine rings is 2. The van der Waals surface area contributed by atoms with Crippen LogP contribution in [0.3, 0.4) is 0 Å². The van der Waals surface area contributed by atoms with Crippen LogP contribution in [-0.4, -0.2) is 4.98 Å². The number of fused-ring (bicyclic) bond motifs is 3. The average molecular weight is 287 g/mol. The summed E-state index contributed by atoms with van der Waals surface area (Å²) in [5.41, 5.74) is 10.7. The molecule has 0 saturated carbocycles. The lowest BCUT2D eigenvalue weighted by Crippen LogP contribution is -2.32. The molecule has 3 aromatic rings. The van der Waals surface area contributed by atoms with Gasteiger partial charge in [-0.3, -0.25) is 4.98 Å². The molecule has 4 rings (SSSR count). The van der Waals surface area contributed by atoms with Crippen molar-refractivity contribution in [3.63, 3.8) is 0 Å². The summed E-state index contributed by atoms with van der Waals surface area (Å²) < 4.78 is 2.25. The van der Waals surface area contributed by atoms with Gasteiger partial charge < -0.3 is 0 Å². The highest BCUT2D eigenvalue weighted by atomic mass is 14.9. The van der Waals surface area contributed by atoms with Gasteiger partial charge in [-0.1, -0.05) is 17.7 Å². The highest BCUT2D eigenvalue weighted by molar-refractivity contribution is 5.82. The fourth-order valence-corrected chi connectivity index (χ4v) is 3.49. The van der Waals surface area contributed by atoms with Gasteiger partial charge in [0.15, 0.2) is 6.20 Å². The van der Waals surface area contributed by atoms with Crippen LogP contribution in [0, 0.1) is 13.8 Å². The zero-order valence-corrected chi connectivity index (χ0v) is 13.2. The summed E-state index contributed by atoms with van der Waals surface area (Å²) in [5.74, 6) is 0. The third-order valence-corrected chi connectivity index (χ3v) is 4.65. The maximum Gasteiger partial charge on any atom is 0.216 e. The summed E-state index contributed by atoms with van der Waals surface area (Å²) in [6, 6.07) is 11.1. The van der Waals surface area contributed by atoms with Gasteiger partial charge in [-0.15, -0.1) is 0 Å². The molecule has 1 aliphatic rings. The molecule has 0 aliphatic heterocycles. The lowest BCUT2D eigenvalue weighted by molar-refractivity contribution is -0.660. The third kappa shape index (κ3) is 1.87. The van der Waals surface area contributed by atoms with Crippen molar-refractivity contribution in [1.82, 2.24) is 4.98 Å². The Balaban J connectivity index is 2.01. The van der Waals surface area contributed by atoms with Crippen molar-refractivity contribution in [1.29, 1.82) is 0 Å². The molecule has 2 heterocycles. The van der Waals surface area contributed by atoms with Gasteiger partial charge in [0.05, 0.1) is 0 Å². The molecule has 0 atom stereocenters. The molecule has 0 radical (unpaired) electrons. The molecule has 1 aliphatic carbocycles. The summed E-state index contributed by atoms with van der Waals surface area (Å²) in [7, 11) is 2.14. The first-order valence-corrected chi connectivity index (χ1v) is 7.67. The molecule has 0 saturated heterocycles. The number of hydrogen-bond donors (Lipinski definition) is 0. The molecule has 0 spiro atoms. The number of aromatic nitrogens is 2. The van der Waals surface area contributed by atoms with E-state index >= 15 is 0 Å². The number of aryl methyl sites for hydroxylation is 3. The highest BCUT2D eigenvalue weighted by Gasteiger charge is 2.28. The van der Waals surface area contributed by atoms with Crippen molar-refractivity contribution >= 4 is 0 Å². The summed E-state index contributed by atoms with van der Waals surface area (Å²) in [5, 5.41) is 0. The molecule has 2 aromatic heterocycles. The van der Waals surface area contributed by atoms with Gasteiger partial charge in [0.2, 0.25) is 5.69 Å². The monoisotopic (exact) mass is 287 g/mol. The Bertz CT molecular complexity index is 894. The number of benzene rings is 1. The van der Waals surface area contributed by atoms with Gasteiger partial charge in [-0.2, -0.15) is 0 Å². The summed E-state index contributed by atoms with van der Waals surface area (Å²) in [6.45, 7) is 4.35. The molecular weight excluding hydrogens is 268 g/mol. The quantitative estimate of drug-likeness (QED) is 0.487. The van der Waals surface area contributed by atoms with Crippen molar-refractivity contribution < 1.29 is 4.57 Å². The van der Waals surface area contributed by atoms with Crippen LogP contribution in [0.25, 0.3) is 22.4 Å². The maximum atomic E-state index is 4.30. The predicted octanol–water partition coefficient (Wildman–Crippen LogP) is 3.76. The second kappa shape index (κ2) is 4.77. The second-order valence-electron chi connectivity index (χ2n) is 6.20. The van der Waals surface area contributed by atoms with Crippen LogP contribution in [0.1, 0.15) is 22.3 Å². The molecule has 1 aromatic carbocycles. The zero-order valence-electron chi connectivity index (χ0n) is 13.2.